The van der Waals surface area contributed by atoms with Crippen molar-refractivity contribution in [3.05, 3.63) is 22.4 Å². The molecule has 0 amide bonds. The van der Waals surface area contributed by atoms with E-state index >= 15 is 0 Å². The van der Waals surface area contributed by atoms with E-state index in [1.165, 1.54) is 0 Å². The third-order valence-corrected chi connectivity index (χ3v) is 2.89. The number of aliphatic imine (C=N–C) groups is 1. The molecule has 17 heavy (non-hydrogen) atoms. The van der Waals surface area contributed by atoms with Gasteiger partial charge in [-0.1, -0.05) is 0 Å². The van der Waals surface area contributed by atoms with E-state index in [1.807, 2.05) is 37.6 Å². The molecule has 0 fully saturated rings. The molecule has 1 aromatic heterocycles. The number of nitrogens with zero attached hydrogens (tertiary/aromatic N) is 1. The van der Waals surface area contributed by atoms with E-state index in [9.17, 15) is 5.11 Å². The van der Waals surface area contributed by atoms with Crippen molar-refractivity contribution in [1.29, 1.82) is 0 Å². The Morgan fingerprint density at radius 1 is 1.47 bits per heavy atom. The summed E-state index contributed by atoms with van der Waals surface area (Å²) in [6, 6.07) is 1.90. The number of hydrogen-bond donors (Lipinski definition) is 3. The summed E-state index contributed by atoms with van der Waals surface area (Å²) in [5.41, 5.74) is 5.53. The molecular weight excluding hydrogens is 234 g/mol. The Hall–Kier alpha value is -1.07. The monoisotopic (exact) mass is 255 g/mol. The zero-order valence-electron chi connectivity index (χ0n) is 10.8. The lowest BCUT2D eigenvalue weighted by molar-refractivity contribution is 0.0677. The van der Waals surface area contributed by atoms with Crippen molar-refractivity contribution in [1.82, 2.24) is 5.32 Å². The predicted molar refractivity (Wildman–Crippen MR) is 73.3 cm³/mol. The molecule has 1 unspecified atom stereocenters. The van der Waals surface area contributed by atoms with Gasteiger partial charge in [0.15, 0.2) is 5.96 Å². The zero-order valence-corrected chi connectivity index (χ0v) is 11.6. The van der Waals surface area contributed by atoms with E-state index in [4.69, 9.17) is 5.73 Å². The highest BCUT2D eigenvalue weighted by molar-refractivity contribution is 7.08. The second kappa shape index (κ2) is 5.06. The Labute approximate surface area is 107 Å². The van der Waals surface area contributed by atoms with Crippen LogP contribution in [0.1, 0.15) is 33.3 Å². The van der Waals surface area contributed by atoms with Crippen LogP contribution in [0.5, 0.6) is 0 Å². The van der Waals surface area contributed by atoms with Crippen LogP contribution in [-0.4, -0.2) is 23.1 Å². The van der Waals surface area contributed by atoms with Crippen molar-refractivity contribution in [2.75, 3.05) is 6.54 Å². The van der Waals surface area contributed by atoms with Crippen molar-refractivity contribution >= 4 is 17.3 Å². The van der Waals surface area contributed by atoms with Gasteiger partial charge in [0.05, 0.1) is 6.54 Å². The molecule has 0 aliphatic carbocycles. The highest BCUT2D eigenvalue weighted by Gasteiger charge is 2.23. The number of thiophene rings is 1. The van der Waals surface area contributed by atoms with Crippen molar-refractivity contribution in [2.24, 2.45) is 10.7 Å². The van der Waals surface area contributed by atoms with Gasteiger partial charge in [-0.3, -0.25) is 4.99 Å². The number of nitrogens with one attached hydrogen (secondary N) is 1. The van der Waals surface area contributed by atoms with Crippen molar-refractivity contribution in [3.8, 4) is 0 Å². The van der Waals surface area contributed by atoms with E-state index in [-0.39, 0.29) is 12.1 Å². The smallest absolute Gasteiger partial charge is 0.189 e. The summed E-state index contributed by atoms with van der Waals surface area (Å²) in [5.74, 6) is 0.355. The molecule has 4 nitrogen and oxygen atoms in total. The van der Waals surface area contributed by atoms with Gasteiger partial charge in [0.25, 0.3) is 0 Å². The van der Waals surface area contributed by atoms with Crippen LogP contribution >= 0.6 is 11.3 Å². The first-order valence-electron chi connectivity index (χ1n) is 5.54. The van der Waals surface area contributed by atoms with Crippen LogP contribution in [0.25, 0.3) is 0 Å². The van der Waals surface area contributed by atoms with Crippen LogP contribution < -0.4 is 11.1 Å². The fraction of sp³-hybridized carbons (Fsp3) is 0.583. The molecule has 0 saturated carbocycles. The van der Waals surface area contributed by atoms with E-state index in [0.717, 1.165) is 5.56 Å². The molecular formula is C12H21N3OS. The SMILES string of the molecule is CC(C)(C)NC(N)=NCC(C)(O)c1ccsc1. The summed E-state index contributed by atoms with van der Waals surface area (Å²) < 4.78 is 0. The molecule has 1 rings (SSSR count). The van der Waals surface area contributed by atoms with E-state index < -0.39 is 5.60 Å². The minimum Gasteiger partial charge on any atom is -0.383 e. The molecule has 0 radical (unpaired) electrons. The molecule has 0 aliphatic rings. The summed E-state index contributed by atoms with van der Waals surface area (Å²) in [5, 5.41) is 17.1. The second-order valence-corrected chi connectivity index (χ2v) is 6.14. The molecule has 4 N–H and O–H groups in total. The maximum Gasteiger partial charge on any atom is 0.189 e. The average Bonchev–Trinajstić information content (AvgIpc) is 2.65. The maximum atomic E-state index is 10.2. The van der Waals surface area contributed by atoms with Crippen LogP contribution in [0.3, 0.4) is 0 Å². The summed E-state index contributed by atoms with van der Waals surface area (Å²) in [7, 11) is 0. The van der Waals surface area contributed by atoms with Gasteiger partial charge >= 0.3 is 0 Å². The van der Waals surface area contributed by atoms with Gasteiger partial charge in [-0.2, -0.15) is 11.3 Å². The normalized spacial score (nSPS) is 16.6. The minimum atomic E-state index is -0.968. The lowest BCUT2D eigenvalue weighted by Crippen LogP contribution is -2.45. The number of nitrogens with two attached hydrogens (primary N) is 1. The van der Waals surface area contributed by atoms with Crippen LogP contribution in [0.2, 0.25) is 0 Å². The van der Waals surface area contributed by atoms with Crippen LogP contribution in [0.4, 0.5) is 0 Å². The molecule has 1 atom stereocenters. The highest BCUT2D eigenvalue weighted by Crippen LogP contribution is 2.23. The van der Waals surface area contributed by atoms with Crippen LogP contribution in [-0.2, 0) is 5.60 Å². The number of hydrogen-bond acceptors (Lipinski definition) is 3. The van der Waals surface area contributed by atoms with Gasteiger partial charge < -0.3 is 16.2 Å². The lowest BCUT2D eigenvalue weighted by atomic mass is 10.00. The van der Waals surface area contributed by atoms with Gasteiger partial charge in [0.1, 0.15) is 5.60 Å². The molecule has 1 heterocycles. The first-order valence-corrected chi connectivity index (χ1v) is 6.48. The molecule has 1 aromatic rings. The predicted octanol–water partition coefficient (Wildman–Crippen LogP) is 1.66. The maximum absolute atomic E-state index is 10.2. The number of rotatable bonds is 3. The fourth-order valence-electron chi connectivity index (χ4n) is 1.33. The standard InChI is InChI=1S/C12H21N3OS/c1-11(2,3)15-10(13)14-8-12(4,16)9-5-6-17-7-9/h5-7,16H,8H2,1-4H3,(H3,13,14,15). The van der Waals surface area contributed by atoms with Crippen molar-refractivity contribution < 1.29 is 5.11 Å². The molecule has 0 bridgehead atoms. The van der Waals surface area contributed by atoms with Crippen LogP contribution in [0, 0.1) is 0 Å². The van der Waals surface area contributed by atoms with Gasteiger partial charge in [0.2, 0.25) is 0 Å². The Morgan fingerprint density at radius 2 is 2.12 bits per heavy atom. The minimum absolute atomic E-state index is 0.123. The summed E-state index contributed by atoms with van der Waals surface area (Å²) in [4.78, 5) is 4.18. The van der Waals surface area contributed by atoms with E-state index in [0.29, 0.717) is 5.96 Å². The Balaban J connectivity index is 2.63. The summed E-state index contributed by atoms with van der Waals surface area (Å²) in [6.07, 6.45) is 0. The third-order valence-electron chi connectivity index (χ3n) is 2.20. The highest BCUT2D eigenvalue weighted by atomic mass is 32.1. The first kappa shape index (κ1) is 14.0. The third kappa shape index (κ3) is 4.75. The summed E-state index contributed by atoms with van der Waals surface area (Å²) >= 11 is 1.56. The first-order chi connectivity index (χ1) is 7.71. The molecule has 0 aromatic carbocycles. The molecule has 0 aliphatic heterocycles. The average molecular weight is 255 g/mol. The van der Waals surface area contributed by atoms with Crippen molar-refractivity contribution in [2.45, 2.75) is 38.8 Å². The Bertz CT molecular complexity index is 377. The number of aliphatic hydroxyl groups is 1. The van der Waals surface area contributed by atoms with Gasteiger partial charge in [-0.15, -0.1) is 0 Å². The fourth-order valence-corrected chi connectivity index (χ4v) is 2.11. The Morgan fingerprint density at radius 3 is 2.59 bits per heavy atom. The molecule has 0 spiro atoms. The molecule has 96 valence electrons. The van der Waals surface area contributed by atoms with E-state index in [1.54, 1.807) is 18.3 Å². The van der Waals surface area contributed by atoms with Crippen LogP contribution in [0.15, 0.2) is 21.8 Å². The lowest BCUT2D eigenvalue weighted by Gasteiger charge is -2.23. The quantitative estimate of drug-likeness (QED) is 0.568. The largest absolute Gasteiger partial charge is 0.383 e. The number of guanidine groups is 1. The second-order valence-electron chi connectivity index (χ2n) is 5.36. The van der Waals surface area contributed by atoms with E-state index in [2.05, 4.69) is 10.3 Å². The van der Waals surface area contributed by atoms with Gasteiger partial charge in [0, 0.05) is 5.54 Å². The summed E-state index contributed by atoms with van der Waals surface area (Å²) in [6.45, 7) is 8.01. The topological polar surface area (TPSA) is 70.6 Å². The van der Waals surface area contributed by atoms with Gasteiger partial charge in [-0.25, -0.2) is 0 Å². The molecule has 5 heteroatoms. The Kier molecular flexibility index (Phi) is 4.16. The van der Waals surface area contributed by atoms with Gasteiger partial charge in [-0.05, 0) is 50.1 Å². The zero-order chi connectivity index (χ0) is 13.1. The molecule has 0 saturated heterocycles. The van der Waals surface area contributed by atoms with Crippen molar-refractivity contribution in [3.63, 3.8) is 0 Å².